The number of aromatic nitrogens is 1. The number of nitrogens with zero attached hydrogens (tertiary/aromatic N) is 2. The van der Waals surface area contributed by atoms with Crippen LogP contribution in [0.25, 0.3) is 0 Å². The zero-order valence-corrected chi connectivity index (χ0v) is 11.5. The summed E-state index contributed by atoms with van der Waals surface area (Å²) in [4.78, 5) is 5.69. The van der Waals surface area contributed by atoms with E-state index in [1.165, 1.54) is 0 Å². The smallest absolute Gasteiger partial charge is 0.178 e. The Morgan fingerprint density at radius 2 is 2.30 bits per heavy atom. The third-order valence-corrected chi connectivity index (χ3v) is 3.28. The van der Waals surface area contributed by atoms with Gasteiger partial charge in [0.15, 0.2) is 23.3 Å². The first kappa shape index (κ1) is 14.9. The first-order chi connectivity index (χ1) is 9.65. The van der Waals surface area contributed by atoms with E-state index < -0.39 is 11.6 Å². The number of hydrogen-bond acceptors (Lipinski definition) is 5. The van der Waals surface area contributed by atoms with E-state index in [1.807, 2.05) is 6.92 Å². The Hall–Kier alpha value is -1.47. The van der Waals surface area contributed by atoms with Gasteiger partial charge in [-0.3, -0.25) is 0 Å². The van der Waals surface area contributed by atoms with E-state index in [-0.39, 0.29) is 17.7 Å². The van der Waals surface area contributed by atoms with Crippen LogP contribution in [0.1, 0.15) is 26.2 Å². The fourth-order valence-corrected chi connectivity index (χ4v) is 2.33. The number of nitrogen functional groups attached to an aromatic ring is 1. The van der Waals surface area contributed by atoms with Crippen molar-refractivity contribution in [1.29, 1.82) is 0 Å². The highest BCUT2D eigenvalue weighted by Crippen LogP contribution is 2.25. The van der Waals surface area contributed by atoms with Crippen LogP contribution in [0.15, 0.2) is 6.07 Å². The molecule has 0 bridgehead atoms. The van der Waals surface area contributed by atoms with Crippen molar-refractivity contribution in [3.63, 3.8) is 0 Å². The van der Waals surface area contributed by atoms with Crippen molar-refractivity contribution in [2.24, 2.45) is 5.84 Å². The minimum atomic E-state index is -0.801. The minimum Gasteiger partial charge on any atom is -0.376 e. The highest BCUT2D eigenvalue weighted by atomic mass is 19.1. The van der Waals surface area contributed by atoms with Gasteiger partial charge < -0.3 is 15.1 Å². The molecule has 1 aromatic heterocycles. The van der Waals surface area contributed by atoms with Gasteiger partial charge in [-0.15, -0.1) is 0 Å². The highest BCUT2D eigenvalue weighted by Gasteiger charge is 2.24. The van der Waals surface area contributed by atoms with Crippen molar-refractivity contribution < 1.29 is 13.5 Å². The molecule has 0 aliphatic carbocycles. The summed E-state index contributed by atoms with van der Waals surface area (Å²) in [5.74, 6) is 3.65. The lowest BCUT2D eigenvalue weighted by molar-refractivity contribution is 0.0438. The van der Waals surface area contributed by atoms with Crippen molar-refractivity contribution >= 4 is 11.6 Å². The normalized spacial score (nSPS) is 19.2. The Kier molecular flexibility index (Phi) is 5.08. The van der Waals surface area contributed by atoms with Gasteiger partial charge in [-0.25, -0.2) is 19.6 Å². The Balaban J connectivity index is 2.14. The Morgan fingerprint density at radius 3 is 3.00 bits per heavy atom. The minimum absolute atomic E-state index is 0.0595. The molecule has 1 atom stereocenters. The number of hydrazine groups is 1. The summed E-state index contributed by atoms with van der Waals surface area (Å²) >= 11 is 0. The van der Waals surface area contributed by atoms with Crippen LogP contribution in [-0.4, -0.2) is 30.8 Å². The van der Waals surface area contributed by atoms with Gasteiger partial charge in [0.25, 0.3) is 0 Å². The van der Waals surface area contributed by atoms with Crippen LogP contribution in [0.3, 0.4) is 0 Å². The number of nitrogens with two attached hydrogens (primary N) is 1. The molecule has 1 aliphatic rings. The lowest BCUT2D eigenvalue weighted by Crippen LogP contribution is -2.41. The van der Waals surface area contributed by atoms with Crippen LogP contribution in [0, 0.1) is 11.6 Å². The molecule has 1 unspecified atom stereocenters. The van der Waals surface area contributed by atoms with Crippen molar-refractivity contribution in [1.82, 2.24) is 4.98 Å². The molecule has 7 heteroatoms. The topological polar surface area (TPSA) is 63.4 Å². The molecule has 3 N–H and O–H groups in total. The summed E-state index contributed by atoms with van der Waals surface area (Å²) in [5.41, 5.74) is 2.14. The zero-order chi connectivity index (χ0) is 14.5. The fourth-order valence-electron chi connectivity index (χ4n) is 2.33. The maximum absolute atomic E-state index is 13.9. The van der Waals surface area contributed by atoms with Gasteiger partial charge in [0.1, 0.15) is 0 Å². The number of hydrogen-bond donors (Lipinski definition) is 2. The third kappa shape index (κ3) is 3.34. The van der Waals surface area contributed by atoms with Crippen LogP contribution < -0.4 is 16.2 Å². The van der Waals surface area contributed by atoms with Crippen LogP contribution in [0.4, 0.5) is 20.4 Å². The lowest BCUT2D eigenvalue weighted by Gasteiger charge is -2.33. The summed E-state index contributed by atoms with van der Waals surface area (Å²) in [7, 11) is 0. The van der Waals surface area contributed by atoms with E-state index in [1.54, 1.807) is 4.90 Å². The predicted octanol–water partition coefficient (Wildman–Crippen LogP) is 2.04. The molecule has 112 valence electrons. The first-order valence-corrected chi connectivity index (χ1v) is 6.85. The SMILES string of the molecule is CCCOC1CCCN(c2nc(NN)c(F)cc2F)C1. The quantitative estimate of drug-likeness (QED) is 0.640. The van der Waals surface area contributed by atoms with Crippen molar-refractivity contribution in [3.8, 4) is 0 Å². The second kappa shape index (κ2) is 6.81. The van der Waals surface area contributed by atoms with Gasteiger partial charge in [0.05, 0.1) is 6.10 Å². The third-order valence-electron chi connectivity index (χ3n) is 3.28. The number of nitrogens with one attached hydrogen (secondary N) is 1. The lowest BCUT2D eigenvalue weighted by atomic mass is 10.1. The van der Waals surface area contributed by atoms with E-state index in [0.29, 0.717) is 19.7 Å². The largest absolute Gasteiger partial charge is 0.376 e. The van der Waals surface area contributed by atoms with Crippen LogP contribution in [0.5, 0.6) is 0 Å². The van der Waals surface area contributed by atoms with Gasteiger partial charge in [-0.1, -0.05) is 6.92 Å². The maximum Gasteiger partial charge on any atom is 0.178 e. The Morgan fingerprint density at radius 1 is 1.50 bits per heavy atom. The average Bonchev–Trinajstić information content (AvgIpc) is 2.45. The molecule has 0 amide bonds. The Bertz CT molecular complexity index is 458. The maximum atomic E-state index is 13.9. The second-order valence-corrected chi connectivity index (χ2v) is 4.85. The number of pyridine rings is 1. The molecule has 1 fully saturated rings. The van der Waals surface area contributed by atoms with E-state index >= 15 is 0 Å². The molecule has 1 aromatic rings. The number of anilines is 2. The van der Waals surface area contributed by atoms with Crippen LogP contribution in [0.2, 0.25) is 0 Å². The van der Waals surface area contributed by atoms with Gasteiger partial charge in [0.2, 0.25) is 0 Å². The summed E-state index contributed by atoms with van der Waals surface area (Å²) < 4.78 is 32.9. The summed E-state index contributed by atoms with van der Waals surface area (Å²) in [6, 6.07) is 0.800. The van der Waals surface area contributed by atoms with Crippen LogP contribution >= 0.6 is 0 Å². The number of halogens is 2. The van der Waals surface area contributed by atoms with Gasteiger partial charge in [0, 0.05) is 25.8 Å². The van der Waals surface area contributed by atoms with Crippen molar-refractivity contribution in [2.75, 3.05) is 30.0 Å². The Labute approximate surface area is 117 Å². The van der Waals surface area contributed by atoms with Gasteiger partial charge in [-0.2, -0.15) is 0 Å². The second-order valence-electron chi connectivity index (χ2n) is 4.85. The molecule has 20 heavy (non-hydrogen) atoms. The van der Waals surface area contributed by atoms with Gasteiger partial charge in [-0.05, 0) is 19.3 Å². The molecular formula is C13H20F2N4O. The van der Waals surface area contributed by atoms with E-state index in [2.05, 4.69) is 10.4 Å². The van der Waals surface area contributed by atoms with E-state index in [9.17, 15) is 8.78 Å². The molecule has 1 saturated heterocycles. The number of ether oxygens (including phenoxy) is 1. The fraction of sp³-hybridized carbons (Fsp3) is 0.615. The monoisotopic (exact) mass is 286 g/mol. The van der Waals surface area contributed by atoms with Crippen molar-refractivity contribution in [3.05, 3.63) is 17.7 Å². The van der Waals surface area contributed by atoms with E-state index in [4.69, 9.17) is 10.6 Å². The van der Waals surface area contributed by atoms with Crippen molar-refractivity contribution in [2.45, 2.75) is 32.3 Å². The molecule has 5 nitrogen and oxygen atoms in total. The van der Waals surface area contributed by atoms with Gasteiger partial charge >= 0.3 is 0 Å². The zero-order valence-electron chi connectivity index (χ0n) is 11.5. The summed E-state index contributed by atoms with van der Waals surface area (Å²) in [6.45, 7) is 3.96. The predicted molar refractivity (Wildman–Crippen MR) is 73.4 cm³/mol. The summed E-state index contributed by atoms with van der Waals surface area (Å²) in [5, 5.41) is 0. The molecular weight excluding hydrogens is 266 g/mol. The molecule has 1 aliphatic heterocycles. The van der Waals surface area contributed by atoms with Crippen LogP contribution in [-0.2, 0) is 4.74 Å². The number of piperidine rings is 1. The molecule has 0 spiro atoms. The number of rotatable bonds is 5. The van der Waals surface area contributed by atoms with E-state index in [0.717, 1.165) is 25.3 Å². The molecule has 0 saturated carbocycles. The average molecular weight is 286 g/mol. The standard InChI is InChI=1S/C13H20F2N4O/c1-2-6-20-9-4-3-5-19(8-9)13-11(15)7-10(14)12(17-13)18-16/h7,9H,2-6,8,16H2,1H3,(H,17,18). The highest BCUT2D eigenvalue weighted by molar-refractivity contribution is 5.49. The molecule has 0 radical (unpaired) electrons. The molecule has 2 rings (SSSR count). The summed E-state index contributed by atoms with van der Waals surface area (Å²) in [6.07, 6.45) is 2.84. The molecule has 2 heterocycles. The first-order valence-electron chi connectivity index (χ1n) is 6.85. The molecule has 0 aromatic carbocycles.